The van der Waals surface area contributed by atoms with Crippen molar-refractivity contribution in [2.24, 2.45) is 0 Å². The third-order valence-electron chi connectivity index (χ3n) is 2.53. The first-order valence-corrected chi connectivity index (χ1v) is 4.69. The van der Waals surface area contributed by atoms with Crippen molar-refractivity contribution in [1.82, 2.24) is 10.2 Å². The molecule has 15 heavy (non-hydrogen) atoms. The van der Waals surface area contributed by atoms with Gasteiger partial charge in [0.2, 0.25) is 0 Å². The molecule has 0 aliphatic rings. The molecule has 5 heteroatoms. The number of hydrogen-bond donors (Lipinski definition) is 0. The van der Waals surface area contributed by atoms with Crippen molar-refractivity contribution in [2.45, 2.75) is 38.8 Å². The molecule has 0 aliphatic carbocycles. The molecule has 1 aromatic heterocycles. The van der Waals surface area contributed by atoms with Crippen LogP contribution in [0.4, 0.5) is 13.2 Å². The fraction of sp³-hybridized carbons (Fsp3) is 0.600. The van der Waals surface area contributed by atoms with Gasteiger partial charge in [-0.1, -0.05) is 20.8 Å². The molecule has 0 aliphatic heterocycles. The Hall–Kier alpha value is -1.13. The second-order valence-corrected chi connectivity index (χ2v) is 4.04. The maximum absolute atomic E-state index is 12.2. The van der Waals surface area contributed by atoms with E-state index < -0.39 is 11.9 Å². The van der Waals surface area contributed by atoms with Crippen LogP contribution in [0.15, 0.2) is 12.1 Å². The van der Waals surface area contributed by atoms with Crippen LogP contribution >= 0.6 is 0 Å². The van der Waals surface area contributed by atoms with Gasteiger partial charge in [0.1, 0.15) is 0 Å². The van der Waals surface area contributed by atoms with Gasteiger partial charge >= 0.3 is 6.18 Å². The molecular formula is C10H13F3N2. The largest absolute Gasteiger partial charge is 0.435 e. The number of alkyl halides is 3. The maximum atomic E-state index is 12.2. The first-order chi connectivity index (χ1) is 6.77. The lowest BCUT2D eigenvalue weighted by molar-refractivity contribution is -0.141. The van der Waals surface area contributed by atoms with E-state index in [1.165, 1.54) is 6.07 Å². The van der Waals surface area contributed by atoms with E-state index in [1.807, 2.05) is 20.8 Å². The number of aromatic nitrogens is 2. The summed E-state index contributed by atoms with van der Waals surface area (Å²) in [5, 5.41) is 6.81. The average molecular weight is 218 g/mol. The van der Waals surface area contributed by atoms with Gasteiger partial charge in [-0.2, -0.15) is 18.3 Å². The molecule has 84 valence electrons. The van der Waals surface area contributed by atoms with Gasteiger partial charge in [-0.15, -0.1) is 5.10 Å². The molecule has 1 heterocycles. The molecule has 0 bridgehead atoms. The van der Waals surface area contributed by atoms with Crippen molar-refractivity contribution in [3.05, 3.63) is 23.5 Å². The minimum Gasteiger partial charge on any atom is -0.164 e. The van der Waals surface area contributed by atoms with E-state index in [1.54, 1.807) is 0 Å². The molecule has 0 N–H and O–H groups in total. The van der Waals surface area contributed by atoms with E-state index in [0.717, 1.165) is 12.5 Å². The van der Waals surface area contributed by atoms with Crippen LogP contribution < -0.4 is 0 Å². The molecule has 1 aromatic rings. The highest BCUT2D eigenvalue weighted by Crippen LogP contribution is 2.29. The van der Waals surface area contributed by atoms with Crippen LogP contribution in [0.2, 0.25) is 0 Å². The highest BCUT2D eigenvalue weighted by molar-refractivity contribution is 5.16. The summed E-state index contributed by atoms with van der Waals surface area (Å²) in [4.78, 5) is 0. The molecule has 0 saturated heterocycles. The summed E-state index contributed by atoms with van der Waals surface area (Å²) in [5.41, 5.74) is -0.604. The molecule has 1 rings (SSSR count). The Labute approximate surface area is 86.5 Å². The third kappa shape index (κ3) is 2.67. The predicted molar refractivity (Wildman–Crippen MR) is 50.4 cm³/mol. The summed E-state index contributed by atoms with van der Waals surface area (Å²) < 4.78 is 36.6. The summed E-state index contributed by atoms with van der Waals surface area (Å²) in [7, 11) is 0. The van der Waals surface area contributed by atoms with Crippen molar-refractivity contribution >= 4 is 0 Å². The molecule has 0 atom stereocenters. The topological polar surface area (TPSA) is 25.8 Å². The fourth-order valence-corrected chi connectivity index (χ4v) is 1.03. The quantitative estimate of drug-likeness (QED) is 0.761. The first-order valence-electron chi connectivity index (χ1n) is 4.69. The van der Waals surface area contributed by atoms with Crippen molar-refractivity contribution in [3.8, 4) is 0 Å². The molecule has 2 nitrogen and oxygen atoms in total. The van der Waals surface area contributed by atoms with Crippen LogP contribution in [-0.4, -0.2) is 10.2 Å². The predicted octanol–water partition coefficient (Wildman–Crippen LogP) is 3.18. The van der Waals surface area contributed by atoms with Crippen LogP contribution in [-0.2, 0) is 11.6 Å². The zero-order chi connectivity index (χ0) is 11.7. The maximum Gasteiger partial charge on any atom is 0.435 e. The van der Waals surface area contributed by atoms with Gasteiger partial charge < -0.3 is 0 Å². The zero-order valence-electron chi connectivity index (χ0n) is 8.89. The van der Waals surface area contributed by atoms with Gasteiger partial charge in [0, 0.05) is 5.41 Å². The Kier molecular flexibility index (Phi) is 3.02. The molecule has 0 spiro atoms. The molecule has 0 amide bonds. The van der Waals surface area contributed by atoms with E-state index in [4.69, 9.17) is 0 Å². The Morgan fingerprint density at radius 2 is 1.53 bits per heavy atom. The Morgan fingerprint density at radius 1 is 1.07 bits per heavy atom. The van der Waals surface area contributed by atoms with Crippen molar-refractivity contribution in [2.75, 3.05) is 0 Å². The second kappa shape index (κ2) is 3.79. The summed E-state index contributed by atoms with van der Waals surface area (Å²) in [6.45, 7) is 5.80. The summed E-state index contributed by atoms with van der Waals surface area (Å²) >= 11 is 0. The van der Waals surface area contributed by atoms with Crippen LogP contribution in [0, 0.1) is 0 Å². The van der Waals surface area contributed by atoms with Gasteiger partial charge in [-0.25, -0.2) is 0 Å². The minimum absolute atomic E-state index is 0.239. The van der Waals surface area contributed by atoms with Gasteiger partial charge in [0.05, 0.1) is 5.69 Å². The number of rotatable bonds is 2. The van der Waals surface area contributed by atoms with Gasteiger partial charge in [-0.3, -0.25) is 0 Å². The lowest BCUT2D eigenvalue weighted by Gasteiger charge is -2.21. The van der Waals surface area contributed by atoms with E-state index in [9.17, 15) is 13.2 Å². The summed E-state index contributed by atoms with van der Waals surface area (Å²) in [5.74, 6) is 0. The second-order valence-electron chi connectivity index (χ2n) is 4.04. The van der Waals surface area contributed by atoms with Crippen LogP contribution in [0.25, 0.3) is 0 Å². The lowest BCUT2D eigenvalue weighted by atomic mass is 9.86. The van der Waals surface area contributed by atoms with Gasteiger partial charge in [0.15, 0.2) is 5.69 Å². The van der Waals surface area contributed by atoms with Crippen molar-refractivity contribution in [1.29, 1.82) is 0 Å². The first kappa shape index (κ1) is 11.9. The van der Waals surface area contributed by atoms with Crippen molar-refractivity contribution < 1.29 is 13.2 Å². The van der Waals surface area contributed by atoms with E-state index in [0.29, 0.717) is 5.69 Å². The Morgan fingerprint density at radius 3 is 1.87 bits per heavy atom. The minimum atomic E-state index is -4.41. The van der Waals surface area contributed by atoms with Crippen LogP contribution in [0.1, 0.15) is 38.6 Å². The molecule has 0 saturated carbocycles. The van der Waals surface area contributed by atoms with Crippen LogP contribution in [0.3, 0.4) is 0 Å². The standard InChI is InChI=1S/C10H13F3N2/c1-4-9(2,3)7-5-6-8(15-14-7)10(11,12)13/h5-6H,4H2,1-3H3. The molecular weight excluding hydrogens is 205 g/mol. The van der Waals surface area contributed by atoms with Gasteiger partial charge in [-0.05, 0) is 18.6 Å². The van der Waals surface area contributed by atoms with E-state index in [2.05, 4.69) is 10.2 Å². The molecule has 0 unspecified atom stereocenters. The van der Waals surface area contributed by atoms with E-state index in [-0.39, 0.29) is 5.41 Å². The SMILES string of the molecule is CCC(C)(C)c1ccc(C(F)(F)F)nn1. The number of nitrogens with zero attached hydrogens (tertiary/aromatic N) is 2. The summed E-state index contributed by atoms with van der Waals surface area (Å²) in [6, 6.07) is 2.36. The molecule has 0 fully saturated rings. The smallest absolute Gasteiger partial charge is 0.164 e. The van der Waals surface area contributed by atoms with Gasteiger partial charge in [0.25, 0.3) is 0 Å². The third-order valence-corrected chi connectivity index (χ3v) is 2.53. The fourth-order valence-electron chi connectivity index (χ4n) is 1.03. The van der Waals surface area contributed by atoms with E-state index >= 15 is 0 Å². The zero-order valence-corrected chi connectivity index (χ0v) is 8.89. The molecule has 0 radical (unpaired) electrons. The Bertz CT molecular complexity index is 328. The number of hydrogen-bond acceptors (Lipinski definition) is 2. The molecule has 0 aromatic carbocycles. The average Bonchev–Trinajstić information content (AvgIpc) is 2.17. The Balaban J connectivity index is 3.01. The summed E-state index contributed by atoms with van der Waals surface area (Å²) in [6.07, 6.45) is -3.62. The monoisotopic (exact) mass is 218 g/mol. The highest BCUT2D eigenvalue weighted by Gasteiger charge is 2.33. The number of halogens is 3. The normalized spacial score (nSPS) is 12.9. The van der Waals surface area contributed by atoms with Crippen LogP contribution in [0.5, 0.6) is 0 Å². The lowest BCUT2D eigenvalue weighted by Crippen LogP contribution is -2.19. The highest BCUT2D eigenvalue weighted by atomic mass is 19.4. The van der Waals surface area contributed by atoms with Crippen molar-refractivity contribution in [3.63, 3.8) is 0 Å².